The largest absolute Gasteiger partial charge is 0.454 e. The van der Waals surface area contributed by atoms with Gasteiger partial charge in [0, 0.05) is 37.9 Å². The summed E-state index contributed by atoms with van der Waals surface area (Å²) >= 11 is 0. The second-order valence-corrected chi connectivity index (χ2v) is 7.82. The maximum atomic E-state index is 12.9. The highest BCUT2D eigenvalue weighted by molar-refractivity contribution is 5.91. The van der Waals surface area contributed by atoms with E-state index < -0.39 is 6.10 Å². The van der Waals surface area contributed by atoms with Gasteiger partial charge in [0.2, 0.25) is 0 Å². The third kappa shape index (κ3) is 3.13. The van der Waals surface area contributed by atoms with Crippen LogP contribution in [-0.2, 0) is 6.54 Å². The van der Waals surface area contributed by atoms with E-state index in [-0.39, 0.29) is 11.9 Å². The average molecular weight is 381 g/mol. The van der Waals surface area contributed by atoms with Crippen LogP contribution in [-0.4, -0.2) is 54.4 Å². The van der Waals surface area contributed by atoms with Crippen LogP contribution >= 0.6 is 0 Å². The van der Waals surface area contributed by atoms with Gasteiger partial charge < -0.3 is 19.0 Å². The molecule has 2 aliphatic rings. The van der Waals surface area contributed by atoms with Crippen molar-refractivity contribution in [3.05, 3.63) is 60.8 Å². The number of carbonyl (C=O) groups excluding carboxylic acids is 1. The molecule has 1 saturated heterocycles. The highest BCUT2D eigenvalue weighted by Gasteiger charge is 2.44. The van der Waals surface area contributed by atoms with E-state index in [9.17, 15) is 9.90 Å². The van der Waals surface area contributed by atoms with Gasteiger partial charge in [0.05, 0.1) is 25.0 Å². The number of aliphatic hydroxyl groups is 1. The van der Waals surface area contributed by atoms with Gasteiger partial charge in [-0.05, 0) is 42.9 Å². The van der Waals surface area contributed by atoms with Gasteiger partial charge in [-0.2, -0.15) is 5.10 Å². The van der Waals surface area contributed by atoms with Crippen molar-refractivity contribution in [2.75, 3.05) is 13.1 Å². The molecule has 3 aromatic rings. The van der Waals surface area contributed by atoms with Crippen molar-refractivity contribution in [3.8, 4) is 0 Å². The van der Waals surface area contributed by atoms with Crippen LogP contribution in [0.3, 0.4) is 0 Å². The molecular weight excluding hydrogens is 358 g/mol. The molecule has 8 nitrogen and oxygen atoms in total. The van der Waals surface area contributed by atoms with Crippen LogP contribution in [0.5, 0.6) is 0 Å². The number of furan rings is 1. The van der Waals surface area contributed by atoms with Crippen molar-refractivity contribution in [1.29, 1.82) is 0 Å². The van der Waals surface area contributed by atoms with E-state index in [0.717, 1.165) is 12.2 Å². The minimum Gasteiger partial charge on any atom is -0.454 e. The van der Waals surface area contributed by atoms with Gasteiger partial charge in [0.25, 0.3) is 5.91 Å². The highest BCUT2D eigenvalue weighted by atomic mass is 16.4. The first-order valence-electron chi connectivity index (χ1n) is 9.68. The third-order valence-corrected chi connectivity index (χ3v) is 6.03. The van der Waals surface area contributed by atoms with Crippen LogP contribution in [0.4, 0.5) is 0 Å². The van der Waals surface area contributed by atoms with Crippen LogP contribution < -0.4 is 0 Å². The first kappa shape index (κ1) is 17.2. The number of amides is 1. The van der Waals surface area contributed by atoms with Crippen molar-refractivity contribution >= 4 is 5.91 Å². The SMILES string of the molecule is O=C(c1ccc(Cn2ccnc2)o1)N1C[C@H]2C[C@@H](n3cccn3)[C@H](O)C[C@H]2C1. The first-order chi connectivity index (χ1) is 13.7. The number of carbonyl (C=O) groups is 1. The van der Waals surface area contributed by atoms with Gasteiger partial charge in [-0.25, -0.2) is 4.98 Å². The molecule has 146 valence electrons. The Morgan fingerprint density at radius 1 is 1.18 bits per heavy atom. The molecule has 0 aromatic carbocycles. The number of rotatable bonds is 4. The Morgan fingerprint density at radius 3 is 2.79 bits per heavy atom. The average Bonchev–Trinajstić information content (AvgIpc) is 3.47. The molecule has 1 amide bonds. The van der Waals surface area contributed by atoms with E-state index in [1.807, 2.05) is 38.7 Å². The molecule has 3 aromatic heterocycles. The predicted molar refractivity (Wildman–Crippen MR) is 99.4 cm³/mol. The Labute approximate surface area is 162 Å². The zero-order chi connectivity index (χ0) is 19.1. The molecule has 8 heteroatoms. The lowest BCUT2D eigenvalue weighted by atomic mass is 9.77. The molecule has 1 aliphatic heterocycles. The van der Waals surface area contributed by atoms with Crippen LogP contribution in [0.1, 0.15) is 35.2 Å². The number of nitrogens with zero attached hydrogens (tertiary/aromatic N) is 5. The highest BCUT2D eigenvalue weighted by Crippen LogP contribution is 2.41. The van der Waals surface area contributed by atoms with E-state index in [1.165, 1.54) is 0 Å². The molecule has 1 N–H and O–H groups in total. The Bertz CT molecular complexity index is 933. The number of hydrogen-bond donors (Lipinski definition) is 1. The lowest BCUT2D eigenvalue weighted by molar-refractivity contribution is 0.0306. The summed E-state index contributed by atoms with van der Waals surface area (Å²) in [6, 6.07) is 5.45. The molecule has 0 radical (unpaired) electrons. The van der Waals surface area contributed by atoms with Crippen LogP contribution in [0.25, 0.3) is 0 Å². The normalized spacial score (nSPS) is 27.1. The van der Waals surface area contributed by atoms with Gasteiger partial charge >= 0.3 is 0 Å². The number of likely N-dealkylation sites (tertiary alicyclic amines) is 1. The van der Waals surface area contributed by atoms with E-state index in [4.69, 9.17) is 4.42 Å². The molecule has 1 saturated carbocycles. The number of aliphatic hydroxyl groups excluding tert-OH is 1. The van der Waals surface area contributed by atoms with Gasteiger partial charge in [-0.1, -0.05) is 0 Å². The van der Waals surface area contributed by atoms with Gasteiger partial charge in [0.15, 0.2) is 5.76 Å². The summed E-state index contributed by atoms with van der Waals surface area (Å²) in [7, 11) is 0. The molecule has 4 atom stereocenters. The smallest absolute Gasteiger partial charge is 0.289 e. The monoisotopic (exact) mass is 381 g/mol. The maximum Gasteiger partial charge on any atom is 0.289 e. The minimum atomic E-state index is -0.429. The second kappa shape index (κ2) is 6.94. The molecule has 0 unspecified atom stereocenters. The molecule has 4 heterocycles. The van der Waals surface area contributed by atoms with Crippen molar-refractivity contribution in [2.45, 2.75) is 31.5 Å². The quantitative estimate of drug-likeness (QED) is 0.744. The lowest BCUT2D eigenvalue weighted by Gasteiger charge is -2.35. The van der Waals surface area contributed by atoms with Crippen LogP contribution in [0.2, 0.25) is 0 Å². The minimum absolute atomic E-state index is 0.0169. The first-order valence-corrected chi connectivity index (χ1v) is 9.68. The van der Waals surface area contributed by atoms with Crippen molar-refractivity contribution in [3.63, 3.8) is 0 Å². The Balaban J connectivity index is 1.26. The zero-order valence-electron chi connectivity index (χ0n) is 15.5. The standard InChI is InChI=1S/C20H23N5O3/c26-18-9-15-11-24(10-14(15)8-17(18)25-6-1-4-22-25)20(27)19-3-2-16(28-19)12-23-7-5-21-13-23/h1-7,13-15,17-18,26H,8-12H2/t14-,15+,17-,18-/m1/s1. The molecule has 5 rings (SSSR count). The van der Waals surface area contributed by atoms with Crippen LogP contribution in [0, 0.1) is 11.8 Å². The topological polar surface area (TPSA) is 89.3 Å². The summed E-state index contributed by atoms with van der Waals surface area (Å²) in [5, 5.41) is 14.9. The Hall–Kier alpha value is -2.87. The number of hydrogen-bond acceptors (Lipinski definition) is 5. The summed E-state index contributed by atoms with van der Waals surface area (Å²) in [5.74, 6) is 1.73. The van der Waals surface area contributed by atoms with Crippen LogP contribution in [0.15, 0.2) is 53.7 Å². The van der Waals surface area contributed by atoms with E-state index in [2.05, 4.69) is 10.1 Å². The zero-order valence-corrected chi connectivity index (χ0v) is 15.5. The molecular formula is C20H23N5O3. The molecule has 28 heavy (non-hydrogen) atoms. The van der Waals surface area contributed by atoms with E-state index in [1.54, 1.807) is 24.8 Å². The van der Waals surface area contributed by atoms with E-state index in [0.29, 0.717) is 43.7 Å². The molecule has 0 bridgehead atoms. The fraction of sp³-hybridized carbons (Fsp3) is 0.450. The van der Waals surface area contributed by atoms with Gasteiger partial charge in [-0.3, -0.25) is 9.48 Å². The number of fused-ring (bicyclic) bond motifs is 1. The summed E-state index contributed by atoms with van der Waals surface area (Å²) in [5.41, 5.74) is 0. The lowest BCUT2D eigenvalue weighted by Crippen LogP contribution is -2.36. The van der Waals surface area contributed by atoms with Gasteiger partial charge in [0.1, 0.15) is 5.76 Å². The predicted octanol–water partition coefficient (Wildman–Crippen LogP) is 1.81. The number of imidazole rings is 1. The molecule has 1 aliphatic carbocycles. The summed E-state index contributed by atoms with van der Waals surface area (Å²) < 4.78 is 9.53. The summed E-state index contributed by atoms with van der Waals surface area (Å²) in [6.45, 7) is 1.92. The van der Waals surface area contributed by atoms with Gasteiger partial charge in [-0.15, -0.1) is 0 Å². The fourth-order valence-electron chi connectivity index (χ4n) is 4.63. The number of aromatic nitrogens is 4. The van der Waals surface area contributed by atoms with Crippen molar-refractivity contribution < 1.29 is 14.3 Å². The summed E-state index contributed by atoms with van der Waals surface area (Å²) in [6.07, 6.45) is 10.0. The Morgan fingerprint density at radius 2 is 2.04 bits per heavy atom. The third-order valence-electron chi connectivity index (χ3n) is 6.03. The van der Waals surface area contributed by atoms with E-state index >= 15 is 0 Å². The van der Waals surface area contributed by atoms with Crippen molar-refractivity contribution in [2.24, 2.45) is 11.8 Å². The Kier molecular flexibility index (Phi) is 4.27. The fourth-order valence-corrected chi connectivity index (χ4v) is 4.63. The molecule has 0 spiro atoms. The maximum absolute atomic E-state index is 12.9. The van der Waals surface area contributed by atoms with Crippen molar-refractivity contribution in [1.82, 2.24) is 24.2 Å². The second-order valence-electron chi connectivity index (χ2n) is 7.82. The summed E-state index contributed by atoms with van der Waals surface area (Å²) in [4.78, 5) is 18.8. The molecule has 2 fully saturated rings.